The number of carbonyl (C=O) groups is 3. The fraction of sp³-hybridized carbons (Fsp3) is 0.607. The number of aromatic hydroxyl groups is 1. The zero-order valence-corrected chi connectivity index (χ0v) is 28.1. The number of nitrogens with one attached hydrogen (secondary N) is 3. The summed E-state index contributed by atoms with van der Waals surface area (Å²) in [6, 6.07) is 0.0783. The number of phenols is 1. The van der Waals surface area contributed by atoms with Crippen LogP contribution in [0.25, 0.3) is 0 Å². The van der Waals surface area contributed by atoms with Crippen LogP contribution in [0.5, 0.6) is 5.75 Å². The molecule has 0 spiro atoms. The van der Waals surface area contributed by atoms with Gasteiger partial charge in [-0.25, -0.2) is 8.42 Å². The Balaban J connectivity index is 3.14. The monoisotopic (exact) mass is 722 g/mol. The van der Waals surface area contributed by atoms with Crippen LogP contribution < -0.4 is 16.0 Å². The summed E-state index contributed by atoms with van der Waals surface area (Å²) in [5, 5.41) is 30.5. The first kappa shape index (κ1) is 37.3. The topological polar surface area (TPSA) is 185 Å². The van der Waals surface area contributed by atoms with Crippen LogP contribution >= 0.6 is 22.6 Å². The van der Waals surface area contributed by atoms with Crippen LogP contribution in [0.1, 0.15) is 66.4 Å². The van der Waals surface area contributed by atoms with Gasteiger partial charge < -0.3 is 21.1 Å². The van der Waals surface area contributed by atoms with Crippen molar-refractivity contribution in [3.63, 3.8) is 0 Å². The van der Waals surface area contributed by atoms with Gasteiger partial charge in [0.05, 0.1) is 14.9 Å². The molecule has 0 saturated heterocycles. The number of nitrogens with zero attached hydrogens (tertiary/aromatic N) is 1. The van der Waals surface area contributed by atoms with Crippen molar-refractivity contribution in [1.29, 1.82) is 0 Å². The molecule has 1 rings (SSSR count). The molecule has 3 amide bonds. The molecule has 0 fully saturated rings. The summed E-state index contributed by atoms with van der Waals surface area (Å²) in [5.41, 5.74) is -0.230. The molecule has 0 aliphatic rings. The highest BCUT2D eigenvalue weighted by atomic mass is 127. The van der Waals surface area contributed by atoms with E-state index in [0.29, 0.717) is 18.4 Å². The molecule has 236 valence electrons. The number of sulfone groups is 1. The van der Waals surface area contributed by atoms with E-state index in [1.165, 1.54) is 12.1 Å². The normalized spacial score (nSPS) is 14.2. The Morgan fingerprint density at radius 2 is 1.43 bits per heavy atom. The lowest BCUT2D eigenvalue weighted by Gasteiger charge is -2.27. The Hall–Kier alpha value is -2.75. The van der Waals surface area contributed by atoms with Gasteiger partial charge in [0.1, 0.15) is 12.1 Å². The van der Waals surface area contributed by atoms with Crippen molar-refractivity contribution in [2.24, 2.45) is 17.8 Å². The molecule has 0 aromatic heterocycles. The molecular formula is C28H43IN4O8S. The van der Waals surface area contributed by atoms with Gasteiger partial charge in [-0.05, 0) is 71.2 Å². The number of rotatable bonds is 16. The minimum atomic E-state index is -3.41. The Morgan fingerprint density at radius 3 is 1.90 bits per heavy atom. The molecular weight excluding hydrogens is 679 g/mol. The molecule has 1 aromatic carbocycles. The Bertz CT molecular complexity index is 1260. The third-order valence-electron chi connectivity index (χ3n) is 5.97. The number of nitro benzene ring substituents is 1. The number of halogens is 1. The molecule has 0 bridgehead atoms. The number of phenolic OH excluding ortho intramolecular Hbond substituents is 1. The molecule has 12 nitrogen and oxygen atoms in total. The highest BCUT2D eigenvalue weighted by molar-refractivity contribution is 14.1. The molecule has 42 heavy (non-hydrogen) atoms. The van der Waals surface area contributed by atoms with Crippen LogP contribution in [0.2, 0.25) is 0 Å². The molecule has 14 heteroatoms. The summed E-state index contributed by atoms with van der Waals surface area (Å²) in [6.45, 7) is 11.4. The Morgan fingerprint density at radius 1 is 0.929 bits per heavy atom. The zero-order valence-electron chi connectivity index (χ0n) is 25.1. The third-order valence-corrected chi connectivity index (χ3v) is 7.45. The summed E-state index contributed by atoms with van der Waals surface area (Å²) in [6.07, 6.45) is 3.29. The number of hydrogen-bond donors (Lipinski definition) is 4. The minimum Gasteiger partial charge on any atom is -0.501 e. The van der Waals surface area contributed by atoms with Crippen molar-refractivity contribution in [1.82, 2.24) is 16.0 Å². The van der Waals surface area contributed by atoms with Gasteiger partial charge in [0.25, 0.3) is 0 Å². The molecule has 0 unspecified atom stereocenters. The van der Waals surface area contributed by atoms with Gasteiger partial charge in [-0.2, -0.15) is 0 Å². The molecule has 0 aliphatic heterocycles. The molecule has 3 atom stereocenters. The van der Waals surface area contributed by atoms with E-state index < -0.39 is 62.0 Å². The van der Waals surface area contributed by atoms with Gasteiger partial charge >= 0.3 is 5.69 Å². The van der Waals surface area contributed by atoms with Crippen LogP contribution in [0.15, 0.2) is 23.6 Å². The SMILES string of the molecule is CC(C)C[C@@H](C=CS(C)(=O)=O)NC(=O)[C@H](CC(C)C)NC(=O)[C@H](CC(C)C)NC(=O)Cc1cc(I)c(O)c([N+](=O)[O-])c1. The standard InChI is InChI=1S/C28H43IN4O8S/c1-16(2)10-20(8-9-42(7,40)41)30-27(36)23(12-18(5)6)32-28(37)22(11-17(3)4)31-25(34)15-19-13-21(29)26(35)24(14-19)33(38)39/h8-9,13-14,16-18,20,22-23,35H,10-12,15H2,1-7H3,(H,30,36)(H,31,34)(H,32,37)/t20-,22+,23+/m1/s1. The van der Waals surface area contributed by atoms with E-state index in [-0.39, 0.29) is 34.2 Å². The van der Waals surface area contributed by atoms with Gasteiger partial charge in [0, 0.05) is 23.8 Å². The molecule has 0 heterocycles. The maximum absolute atomic E-state index is 13.4. The number of amides is 3. The van der Waals surface area contributed by atoms with Crippen LogP contribution in [0.3, 0.4) is 0 Å². The molecule has 0 aliphatic carbocycles. The van der Waals surface area contributed by atoms with E-state index >= 15 is 0 Å². The van der Waals surface area contributed by atoms with Crippen molar-refractivity contribution >= 4 is 55.8 Å². The van der Waals surface area contributed by atoms with Gasteiger partial charge in [0.2, 0.25) is 23.5 Å². The van der Waals surface area contributed by atoms with E-state index in [1.807, 2.05) is 41.5 Å². The minimum absolute atomic E-state index is 0.00526. The smallest absolute Gasteiger partial charge is 0.312 e. The van der Waals surface area contributed by atoms with E-state index in [0.717, 1.165) is 17.7 Å². The van der Waals surface area contributed by atoms with Crippen LogP contribution in [-0.2, 0) is 30.6 Å². The first-order valence-electron chi connectivity index (χ1n) is 13.7. The van der Waals surface area contributed by atoms with Gasteiger partial charge in [-0.15, -0.1) is 0 Å². The van der Waals surface area contributed by atoms with Crippen LogP contribution in [-0.4, -0.2) is 60.6 Å². The largest absolute Gasteiger partial charge is 0.501 e. The molecule has 0 saturated carbocycles. The van der Waals surface area contributed by atoms with E-state index in [1.54, 1.807) is 22.6 Å². The molecule has 4 N–H and O–H groups in total. The summed E-state index contributed by atoms with van der Waals surface area (Å²) in [7, 11) is -3.41. The fourth-order valence-corrected chi connectivity index (χ4v) is 5.36. The zero-order chi connectivity index (χ0) is 32.4. The average molecular weight is 723 g/mol. The fourth-order valence-electron chi connectivity index (χ4n) is 4.20. The summed E-state index contributed by atoms with van der Waals surface area (Å²) >= 11 is 1.74. The summed E-state index contributed by atoms with van der Waals surface area (Å²) in [5.74, 6) is -1.88. The Kier molecular flexibility index (Phi) is 14.9. The highest BCUT2D eigenvalue weighted by Crippen LogP contribution is 2.32. The van der Waals surface area contributed by atoms with Crippen molar-refractivity contribution in [3.05, 3.63) is 42.9 Å². The lowest BCUT2D eigenvalue weighted by Crippen LogP contribution is -2.55. The maximum atomic E-state index is 13.4. The highest BCUT2D eigenvalue weighted by Gasteiger charge is 2.29. The van der Waals surface area contributed by atoms with E-state index in [4.69, 9.17) is 0 Å². The Labute approximate surface area is 261 Å². The predicted molar refractivity (Wildman–Crippen MR) is 169 cm³/mol. The second-order valence-corrected chi connectivity index (χ2v) is 14.8. The van der Waals surface area contributed by atoms with E-state index in [2.05, 4.69) is 16.0 Å². The first-order valence-corrected chi connectivity index (χ1v) is 16.8. The van der Waals surface area contributed by atoms with Gasteiger partial charge in [-0.3, -0.25) is 24.5 Å². The van der Waals surface area contributed by atoms with Crippen molar-refractivity contribution in [2.45, 2.75) is 85.4 Å². The van der Waals surface area contributed by atoms with Gasteiger partial charge in [0.15, 0.2) is 9.84 Å². The number of hydrogen-bond acceptors (Lipinski definition) is 8. The van der Waals surface area contributed by atoms with Crippen molar-refractivity contribution in [3.8, 4) is 5.75 Å². The third kappa shape index (κ3) is 13.9. The second kappa shape index (κ2) is 16.8. The number of carbonyl (C=O) groups excluding carboxylic acids is 3. The quantitative estimate of drug-likeness (QED) is 0.113. The molecule has 1 aromatic rings. The van der Waals surface area contributed by atoms with Crippen LogP contribution in [0, 0.1) is 31.4 Å². The van der Waals surface area contributed by atoms with Gasteiger partial charge in [-0.1, -0.05) is 47.6 Å². The summed E-state index contributed by atoms with van der Waals surface area (Å²) in [4.78, 5) is 50.2. The first-order chi connectivity index (χ1) is 19.3. The lowest BCUT2D eigenvalue weighted by molar-refractivity contribution is -0.386. The second-order valence-electron chi connectivity index (χ2n) is 11.7. The van der Waals surface area contributed by atoms with Crippen molar-refractivity contribution < 1.29 is 32.8 Å². The lowest BCUT2D eigenvalue weighted by atomic mass is 9.99. The maximum Gasteiger partial charge on any atom is 0.312 e. The number of nitro groups is 1. The van der Waals surface area contributed by atoms with Crippen LogP contribution in [0.4, 0.5) is 5.69 Å². The van der Waals surface area contributed by atoms with Crippen molar-refractivity contribution in [2.75, 3.05) is 6.26 Å². The van der Waals surface area contributed by atoms with E-state index in [9.17, 15) is 38.0 Å². The predicted octanol–water partition coefficient (Wildman–Crippen LogP) is 3.60. The average Bonchev–Trinajstić information content (AvgIpc) is 2.82. The number of benzene rings is 1. The summed E-state index contributed by atoms with van der Waals surface area (Å²) < 4.78 is 23.5. The molecule has 0 radical (unpaired) electrons.